The zero-order valence-corrected chi connectivity index (χ0v) is 14.7. The Morgan fingerprint density at radius 2 is 1.88 bits per heavy atom. The number of carbonyl (C=O) groups excluding carboxylic acids is 1. The number of nitrogens with zero attached hydrogens (tertiary/aromatic N) is 2. The van der Waals surface area contributed by atoms with Crippen molar-refractivity contribution in [2.45, 2.75) is 0 Å². The van der Waals surface area contributed by atoms with E-state index in [4.69, 9.17) is 23.2 Å². The van der Waals surface area contributed by atoms with Crippen LogP contribution < -0.4 is 5.32 Å². The summed E-state index contributed by atoms with van der Waals surface area (Å²) in [5.41, 5.74) is 1.11. The maximum absolute atomic E-state index is 12.1. The molecule has 2 aromatic rings. The van der Waals surface area contributed by atoms with E-state index in [1.807, 2.05) is 0 Å². The summed E-state index contributed by atoms with van der Waals surface area (Å²) in [6.07, 6.45) is 1.63. The number of amidine groups is 1. The van der Waals surface area contributed by atoms with Gasteiger partial charge in [-0.3, -0.25) is 14.9 Å². The van der Waals surface area contributed by atoms with Crippen molar-refractivity contribution in [1.82, 2.24) is 5.32 Å². The van der Waals surface area contributed by atoms with Gasteiger partial charge in [0.2, 0.25) is 0 Å². The molecule has 0 aliphatic carbocycles. The van der Waals surface area contributed by atoms with Crippen molar-refractivity contribution in [2.75, 3.05) is 0 Å². The summed E-state index contributed by atoms with van der Waals surface area (Å²) in [6, 6.07) is 10.8. The Labute approximate surface area is 156 Å². The summed E-state index contributed by atoms with van der Waals surface area (Å²) < 4.78 is 0. The number of aliphatic imine (C=N–C) groups is 1. The van der Waals surface area contributed by atoms with Crippen LogP contribution in [0.2, 0.25) is 10.0 Å². The van der Waals surface area contributed by atoms with Gasteiger partial charge in [-0.1, -0.05) is 23.2 Å². The number of hydrogen-bond donors (Lipinski definition) is 1. The number of nitro benzene ring substituents is 1. The summed E-state index contributed by atoms with van der Waals surface area (Å²) >= 11 is 13.1. The minimum Gasteiger partial charge on any atom is -0.300 e. The molecule has 6 nitrogen and oxygen atoms in total. The van der Waals surface area contributed by atoms with E-state index in [1.54, 1.807) is 36.4 Å². The molecule has 1 amide bonds. The fraction of sp³-hybridized carbons (Fsp3) is 0. The lowest BCUT2D eigenvalue weighted by Gasteiger charge is -2.00. The van der Waals surface area contributed by atoms with E-state index in [1.165, 1.54) is 12.1 Å². The molecule has 126 valence electrons. The minimum atomic E-state index is -0.479. The van der Waals surface area contributed by atoms with Gasteiger partial charge >= 0.3 is 0 Å². The van der Waals surface area contributed by atoms with E-state index in [9.17, 15) is 14.9 Å². The number of halogens is 2. The Bertz CT molecular complexity index is 927. The number of carbonyl (C=O) groups is 1. The fourth-order valence-electron chi connectivity index (χ4n) is 2.01. The van der Waals surface area contributed by atoms with Crippen LogP contribution in [0.25, 0.3) is 6.08 Å². The zero-order valence-electron chi connectivity index (χ0n) is 12.4. The number of thioether (sulfide) groups is 1. The molecule has 0 bridgehead atoms. The van der Waals surface area contributed by atoms with Gasteiger partial charge in [0.05, 0.1) is 20.5 Å². The molecule has 1 N–H and O–H groups in total. The van der Waals surface area contributed by atoms with Crippen molar-refractivity contribution in [3.05, 3.63) is 73.1 Å². The number of rotatable bonds is 3. The van der Waals surface area contributed by atoms with Crippen LogP contribution in [0, 0.1) is 10.1 Å². The molecular weight excluding hydrogens is 385 g/mol. The average Bonchev–Trinajstić information content (AvgIpc) is 2.91. The van der Waals surface area contributed by atoms with Crippen molar-refractivity contribution in [3.8, 4) is 0 Å². The zero-order chi connectivity index (χ0) is 18.0. The molecule has 1 aliphatic rings. The normalized spacial score (nSPS) is 17.1. The molecule has 0 saturated carbocycles. The molecule has 3 rings (SSSR count). The van der Waals surface area contributed by atoms with Gasteiger partial charge in [-0.2, -0.15) is 0 Å². The van der Waals surface area contributed by atoms with Gasteiger partial charge in [0.25, 0.3) is 11.6 Å². The van der Waals surface area contributed by atoms with Crippen LogP contribution in [0.15, 0.2) is 52.4 Å². The molecule has 0 unspecified atom stereocenters. The highest BCUT2D eigenvalue weighted by Crippen LogP contribution is 2.32. The molecule has 0 spiro atoms. The summed E-state index contributed by atoms with van der Waals surface area (Å²) in [7, 11) is 0. The van der Waals surface area contributed by atoms with E-state index in [0.717, 1.165) is 11.8 Å². The average molecular weight is 394 g/mol. The molecule has 1 aliphatic heterocycles. The number of hydrogen-bond acceptors (Lipinski definition) is 5. The lowest BCUT2D eigenvalue weighted by molar-refractivity contribution is -0.384. The van der Waals surface area contributed by atoms with Crippen LogP contribution in [0.5, 0.6) is 0 Å². The second kappa shape index (κ2) is 7.26. The van der Waals surface area contributed by atoms with Crippen LogP contribution >= 0.6 is 35.0 Å². The minimum absolute atomic E-state index is 0.0106. The lowest BCUT2D eigenvalue weighted by atomic mass is 10.2. The van der Waals surface area contributed by atoms with Gasteiger partial charge in [0.1, 0.15) is 0 Å². The molecule has 25 heavy (non-hydrogen) atoms. The molecule has 9 heteroatoms. The van der Waals surface area contributed by atoms with Crippen molar-refractivity contribution >= 4 is 63.5 Å². The number of amides is 1. The first-order valence-corrected chi connectivity index (χ1v) is 8.49. The van der Waals surface area contributed by atoms with Gasteiger partial charge in [0, 0.05) is 17.2 Å². The Hall–Kier alpha value is -2.35. The number of nitrogens with one attached hydrogen (secondary N) is 1. The predicted molar refractivity (Wildman–Crippen MR) is 100 cm³/mol. The van der Waals surface area contributed by atoms with E-state index >= 15 is 0 Å². The molecular formula is C16H9Cl2N3O3S. The molecule has 1 saturated heterocycles. The Kier molecular flexibility index (Phi) is 5.08. The highest BCUT2D eigenvalue weighted by Gasteiger charge is 2.24. The second-order valence-corrected chi connectivity index (χ2v) is 6.80. The summed E-state index contributed by atoms with van der Waals surface area (Å²) in [5.74, 6) is -0.305. The third-order valence-corrected chi connectivity index (χ3v) is 4.65. The first kappa shape index (κ1) is 17.5. The molecule has 0 atom stereocenters. The van der Waals surface area contributed by atoms with Gasteiger partial charge in [0.15, 0.2) is 5.17 Å². The van der Waals surface area contributed by atoms with Crippen LogP contribution in [0.4, 0.5) is 11.4 Å². The van der Waals surface area contributed by atoms with Crippen LogP contribution in [0.1, 0.15) is 5.56 Å². The van der Waals surface area contributed by atoms with Crippen LogP contribution in [0.3, 0.4) is 0 Å². The van der Waals surface area contributed by atoms with Crippen molar-refractivity contribution < 1.29 is 9.72 Å². The standard InChI is InChI=1S/C16H9Cl2N3O3S/c17-10-3-6-12(18)13(8-10)19-16-20-15(22)14(25-16)7-9-1-4-11(5-2-9)21(23)24/h1-8H,(H,19,20,22)/b14-7+. The van der Waals surface area contributed by atoms with Gasteiger partial charge in [-0.15, -0.1) is 0 Å². The Morgan fingerprint density at radius 3 is 2.56 bits per heavy atom. The van der Waals surface area contributed by atoms with E-state index in [2.05, 4.69) is 10.3 Å². The predicted octanol–water partition coefficient (Wildman–Crippen LogP) is 4.79. The summed E-state index contributed by atoms with van der Waals surface area (Å²) in [5, 5.41) is 14.6. The van der Waals surface area contributed by atoms with Crippen molar-refractivity contribution in [3.63, 3.8) is 0 Å². The smallest absolute Gasteiger partial charge is 0.269 e. The monoisotopic (exact) mass is 393 g/mol. The molecule has 1 heterocycles. The molecule has 0 radical (unpaired) electrons. The summed E-state index contributed by atoms with van der Waals surface area (Å²) in [4.78, 5) is 27.0. The maximum atomic E-state index is 12.1. The first-order chi connectivity index (χ1) is 11.9. The first-order valence-electron chi connectivity index (χ1n) is 6.91. The summed E-state index contributed by atoms with van der Waals surface area (Å²) in [6.45, 7) is 0. The van der Waals surface area contributed by atoms with E-state index < -0.39 is 4.92 Å². The van der Waals surface area contributed by atoms with Crippen molar-refractivity contribution in [2.24, 2.45) is 4.99 Å². The van der Waals surface area contributed by atoms with Crippen LogP contribution in [-0.2, 0) is 4.79 Å². The van der Waals surface area contributed by atoms with E-state index in [0.29, 0.717) is 31.4 Å². The maximum Gasteiger partial charge on any atom is 0.269 e. The number of nitro groups is 1. The highest BCUT2D eigenvalue weighted by molar-refractivity contribution is 8.18. The lowest BCUT2D eigenvalue weighted by Crippen LogP contribution is -2.19. The molecule has 2 aromatic carbocycles. The van der Waals surface area contributed by atoms with Gasteiger partial charge in [-0.25, -0.2) is 4.99 Å². The fourth-order valence-corrected chi connectivity index (χ4v) is 3.17. The van der Waals surface area contributed by atoms with Crippen LogP contribution in [-0.4, -0.2) is 16.0 Å². The van der Waals surface area contributed by atoms with E-state index in [-0.39, 0.29) is 11.6 Å². The SMILES string of the molecule is O=C1NC(=Nc2cc(Cl)ccc2Cl)S/C1=C/c1ccc([N+](=O)[O-])cc1. The third kappa shape index (κ3) is 4.19. The number of benzene rings is 2. The Morgan fingerprint density at radius 1 is 1.16 bits per heavy atom. The topological polar surface area (TPSA) is 84.6 Å². The number of non-ortho nitro benzene ring substituents is 1. The molecule has 0 aromatic heterocycles. The quantitative estimate of drug-likeness (QED) is 0.461. The second-order valence-electron chi connectivity index (χ2n) is 4.93. The van der Waals surface area contributed by atoms with Crippen molar-refractivity contribution in [1.29, 1.82) is 0 Å². The molecule has 1 fully saturated rings. The largest absolute Gasteiger partial charge is 0.300 e. The van der Waals surface area contributed by atoms with Gasteiger partial charge < -0.3 is 5.32 Å². The highest BCUT2D eigenvalue weighted by atomic mass is 35.5. The third-order valence-electron chi connectivity index (χ3n) is 3.18. The Balaban J connectivity index is 1.83. The van der Waals surface area contributed by atoms with Gasteiger partial charge in [-0.05, 0) is 53.7 Å².